The third-order valence-electron chi connectivity index (χ3n) is 2.70. The number of hydrogen-bond donors (Lipinski definition) is 1. The zero-order valence-electron chi connectivity index (χ0n) is 13.1. The molecule has 1 amide bonds. The van der Waals surface area contributed by atoms with Gasteiger partial charge in [0.05, 0.1) is 13.2 Å². The van der Waals surface area contributed by atoms with E-state index in [1.165, 1.54) is 0 Å². The largest absolute Gasteiger partial charge is 0.490 e. The highest BCUT2D eigenvalue weighted by Gasteiger charge is 2.13. The van der Waals surface area contributed by atoms with Crippen molar-refractivity contribution in [2.24, 2.45) is 0 Å². The molecule has 1 aromatic rings. The van der Waals surface area contributed by atoms with Gasteiger partial charge in [0.15, 0.2) is 11.5 Å². The molecule has 1 aromatic carbocycles. The number of aryl methyl sites for hydroxylation is 1. The fraction of sp³-hybridized carbons (Fsp3) is 0.438. The summed E-state index contributed by atoms with van der Waals surface area (Å²) in [6, 6.07) is 3.54. The van der Waals surface area contributed by atoms with Crippen molar-refractivity contribution in [3.8, 4) is 11.5 Å². The highest BCUT2D eigenvalue weighted by molar-refractivity contribution is 5.85. The van der Waals surface area contributed by atoms with E-state index in [9.17, 15) is 4.79 Å². The standard InChI is InChI=1S/C16H23NO4/c1-6-12(5)21-16(18)17-13-9-11(4)15(20-8-3)14(10-13)19-7-2/h6,9-10,12H,1,7-8H2,2-5H3,(H,17,18). The molecule has 5 nitrogen and oxygen atoms in total. The number of hydrogen-bond acceptors (Lipinski definition) is 4. The minimum Gasteiger partial charge on any atom is -0.490 e. The second-order valence-corrected chi connectivity index (χ2v) is 4.46. The van der Waals surface area contributed by atoms with Crippen LogP contribution in [0.4, 0.5) is 10.5 Å². The Kier molecular flexibility index (Phi) is 6.59. The van der Waals surface area contributed by atoms with Crippen LogP contribution in [0.1, 0.15) is 26.3 Å². The summed E-state index contributed by atoms with van der Waals surface area (Å²) in [5.41, 5.74) is 1.48. The van der Waals surface area contributed by atoms with Gasteiger partial charge in [0.25, 0.3) is 0 Å². The molecule has 0 aliphatic heterocycles. The number of amides is 1. The molecule has 0 saturated heterocycles. The molecule has 1 N–H and O–H groups in total. The molecule has 0 radical (unpaired) electrons. The van der Waals surface area contributed by atoms with Crippen LogP contribution in [0, 0.1) is 6.92 Å². The molecule has 0 heterocycles. The minimum absolute atomic E-state index is 0.347. The van der Waals surface area contributed by atoms with Crippen molar-refractivity contribution >= 4 is 11.8 Å². The van der Waals surface area contributed by atoms with E-state index in [1.54, 1.807) is 19.1 Å². The summed E-state index contributed by atoms with van der Waals surface area (Å²) in [6.45, 7) is 12.1. The number of anilines is 1. The van der Waals surface area contributed by atoms with Gasteiger partial charge >= 0.3 is 6.09 Å². The smallest absolute Gasteiger partial charge is 0.412 e. The van der Waals surface area contributed by atoms with Gasteiger partial charge in [-0.15, -0.1) is 0 Å². The Hall–Kier alpha value is -2.17. The lowest BCUT2D eigenvalue weighted by molar-refractivity contribution is 0.142. The Labute approximate surface area is 125 Å². The number of benzene rings is 1. The summed E-state index contributed by atoms with van der Waals surface area (Å²) >= 11 is 0. The minimum atomic E-state index is -0.534. The van der Waals surface area contributed by atoms with Crippen LogP contribution in [0.3, 0.4) is 0 Å². The topological polar surface area (TPSA) is 56.8 Å². The van der Waals surface area contributed by atoms with Crippen molar-refractivity contribution in [3.63, 3.8) is 0 Å². The predicted octanol–water partition coefficient (Wildman–Crippen LogP) is 3.92. The fourth-order valence-corrected chi connectivity index (χ4v) is 1.77. The fourth-order valence-electron chi connectivity index (χ4n) is 1.77. The number of nitrogens with one attached hydrogen (secondary N) is 1. The van der Waals surface area contributed by atoms with Gasteiger partial charge in [-0.25, -0.2) is 4.79 Å². The van der Waals surface area contributed by atoms with Crippen LogP contribution in [0.15, 0.2) is 24.8 Å². The van der Waals surface area contributed by atoms with Gasteiger partial charge in [0, 0.05) is 11.8 Å². The van der Waals surface area contributed by atoms with Gasteiger partial charge in [0.2, 0.25) is 0 Å². The first-order chi connectivity index (χ1) is 10.0. The molecule has 0 aromatic heterocycles. The van der Waals surface area contributed by atoms with Gasteiger partial charge in [-0.2, -0.15) is 0 Å². The molecule has 0 aliphatic carbocycles. The van der Waals surface area contributed by atoms with Crippen molar-refractivity contribution < 1.29 is 19.0 Å². The van der Waals surface area contributed by atoms with Gasteiger partial charge in [-0.05, 0) is 39.3 Å². The number of carbonyl (C=O) groups is 1. The van der Waals surface area contributed by atoms with Gasteiger partial charge in [-0.1, -0.05) is 12.7 Å². The maximum Gasteiger partial charge on any atom is 0.412 e. The number of rotatable bonds is 7. The molecule has 1 atom stereocenters. The molecule has 116 valence electrons. The lowest BCUT2D eigenvalue weighted by atomic mass is 10.2. The summed E-state index contributed by atoms with van der Waals surface area (Å²) in [7, 11) is 0. The van der Waals surface area contributed by atoms with Crippen molar-refractivity contribution in [1.29, 1.82) is 0 Å². The van der Waals surface area contributed by atoms with E-state index < -0.39 is 6.09 Å². The SMILES string of the molecule is C=CC(C)OC(=O)Nc1cc(C)c(OCC)c(OCC)c1. The van der Waals surface area contributed by atoms with Gasteiger partial charge < -0.3 is 14.2 Å². The zero-order valence-corrected chi connectivity index (χ0v) is 13.1. The van der Waals surface area contributed by atoms with E-state index in [2.05, 4.69) is 11.9 Å². The monoisotopic (exact) mass is 293 g/mol. The predicted molar refractivity (Wildman–Crippen MR) is 83.3 cm³/mol. The Balaban J connectivity index is 2.93. The van der Waals surface area contributed by atoms with Crippen LogP contribution in [-0.2, 0) is 4.74 Å². The first-order valence-corrected chi connectivity index (χ1v) is 7.02. The van der Waals surface area contributed by atoms with Crippen LogP contribution in [0.5, 0.6) is 11.5 Å². The first kappa shape index (κ1) is 16.9. The summed E-state index contributed by atoms with van der Waals surface area (Å²) in [6.07, 6.45) is 0.669. The Bertz CT molecular complexity index is 499. The summed E-state index contributed by atoms with van der Waals surface area (Å²) < 4.78 is 16.2. The van der Waals surface area contributed by atoms with Gasteiger partial charge in [-0.3, -0.25) is 5.32 Å². The molecule has 0 spiro atoms. The van der Waals surface area contributed by atoms with E-state index in [-0.39, 0.29) is 6.10 Å². The maximum absolute atomic E-state index is 11.7. The third-order valence-corrected chi connectivity index (χ3v) is 2.70. The summed E-state index contributed by atoms with van der Waals surface area (Å²) in [4.78, 5) is 11.7. The van der Waals surface area contributed by atoms with Crippen LogP contribution >= 0.6 is 0 Å². The average molecular weight is 293 g/mol. The second kappa shape index (κ2) is 8.19. The van der Waals surface area contributed by atoms with Crippen LogP contribution in [0.2, 0.25) is 0 Å². The first-order valence-electron chi connectivity index (χ1n) is 7.02. The number of carbonyl (C=O) groups excluding carboxylic acids is 1. The highest BCUT2D eigenvalue weighted by Crippen LogP contribution is 2.34. The second-order valence-electron chi connectivity index (χ2n) is 4.46. The molecule has 1 unspecified atom stereocenters. The average Bonchev–Trinajstić information content (AvgIpc) is 2.42. The lowest BCUT2D eigenvalue weighted by Gasteiger charge is -2.16. The van der Waals surface area contributed by atoms with Crippen molar-refractivity contribution in [2.45, 2.75) is 33.8 Å². The van der Waals surface area contributed by atoms with E-state index in [4.69, 9.17) is 14.2 Å². The summed E-state index contributed by atoms with van der Waals surface area (Å²) in [5, 5.41) is 2.67. The van der Waals surface area contributed by atoms with E-state index in [0.29, 0.717) is 30.4 Å². The molecule has 0 fully saturated rings. The van der Waals surface area contributed by atoms with Crippen LogP contribution in [-0.4, -0.2) is 25.4 Å². The van der Waals surface area contributed by atoms with Crippen molar-refractivity contribution in [1.82, 2.24) is 0 Å². The molecule has 0 bridgehead atoms. The lowest BCUT2D eigenvalue weighted by Crippen LogP contribution is -2.18. The number of ether oxygens (including phenoxy) is 3. The molecular weight excluding hydrogens is 270 g/mol. The molecule has 5 heteroatoms. The zero-order chi connectivity index (χ0) is 15.8. The molecule has 0 saturated carbocycles. The van der Waals surface area contributed by atoms with Crippen molar-refractivity contribution in [2.75, 3.05) is 18.5 Å². The molecular formula is C16H23NO4. The third kappa shape index (κ3) is 5.02. The van der Waals surface area contributed by atoms with E-state index in [0.717, 1.165) is 5.56 Å². The molecule has 0 aliphatic rings. The van der Waals surface area contributed by atoms with E-state index >= 15 is 0 Å². The highest BCUT2D eigenvalue weighted by atomic mass is 16.6. The molecule has 1 rings (SSSR count). The Morgan fingerprint density at radius 3 is 2.57 bits per heavy atom. The van der Waals surface area contributed by atoms with Gasteiger partial charge in [0.1, 0.15) is 6.10 Å². The Morgan fingerprint density at radius 2 is 2.00 bits per heavy atom. The van der Waals surface area contributed by atoms with Crippen LogP contribution in [0.25, 0.3) is 0 Å². The molecule has 21 heavy (non-hydrogen) atoms. The Morgan fingerprint density at radius 1 is 1.33 bits per heavy atom. The normalized spacial score (nSPS) is 11.4. The van der Waals surface area contributed by atoms with Crippen LogP contribution < -0.4 is 14.8 Å². The maximum atomic E-state index is 11.7. The summed E-state index contributed by atoms with van der Waals surface area (Å²) in [5.74, 6) is 1.30. The quantitative estimate of drug-likeness (QED) is 0.774. The van der Waals surface area contributed by atoms with E-state index in [1.807, 2.05) is 26.8 Å². The van der Waals surface area contributed by atoms with Crippen molar-refractivity contribution in [3.05, 3.63) is 30.4 Å².